The van der Waals surface area contributed by atoms with Crippen molar-refractivity contribution < 1.29 is 33.2 Å². The van der Waals surface area contributed by atoms with E-state index in [0.717, 1.165) is 12.8 Å². The molecule has 0 amide bonds. The minimum Gasteiger partial charge on any atom is -0.463 e. The molecule has 162 valence electrons. The van der Waals surface area contributed by atoms with Crippen LogP contribution in [0.3, 0.4) is 0 Å². The highest BCUT2D eigenvalue weighted by Gasteiger charge is 2.02. The molecule has 0 rings (SSSR count). The van der Waals surface area contributed by atoms with Gasteiger partial charge in [0.15, 0.2) is 0 Å². The fourth-order valence-electron chi connectivity index (χ4n) is 2.09. The minimum atomic E-state index is -0.139. The Morgan fingerprint density at radius 2 is 1.15 bits per heavy atom. The van der Waals surface area contributed by atoms with Crippen LogP contribution < -0.4 is 0 Å². The zero-order valence-corrected chi connectivity index (χ0v) is 17.5. The third kappa shape index (κ3) is 23.2. The summed E-state index contributed by atoms with van der Waals surface area (Å²) < 4.78 is 32.0. The molecule has 0 aliphatic carbocycles. The van der Waals surface area contributed by atoms with Gasteiger partial charge in [0.2, 0.25) is 0 Å². The van der Waals surface area contributed by atoms with Crippen LogP contribution in [0, 0.1) is 0 Å². The molecule has 0 saturated carbocycles. The van der Waals surface area contributed by atoms with Crippen molar-refractivity contribution in [1.82, 2.24) is 0 Å². The van der Waals surface area contributed by atoms with Crippen LogP contribution >= 0.6 is 0 Å². The largest absolute Gasteiger partial charge is 0.463 e. The van der Waals surface area contributed by atoms with Gasteiger partial charge in [-0.1, -0.05) is 26.2 Å². The highest BCUT2D eigenvalue weighted by molar-refractivity contribution is 5.69. The van der Waals surface area contributed by atoms with E-state index in [0.29, 0.717) is 72.5 Å². The molecule has 0 fully saturated rings. The van der Waals surface area contributed by atoms with Gasteiger partial charge in [0.1, 0.15) is 6.61 Å². The molecular weight excluding hydrogens is 352 g/mol. The topological polar surface area (TPSA) is 72.5 Å². The first-order valence-corrected chi connectivity index (χ1v) is 10.2. The molecule has 7 nitrogen and oxygen atoms in total. The summed E-state index contributed by atoms with van der Waals surface area (Å²) in [4.78, 5) is 11.4. The Bertz CT molecular complexity index is 311. The number of carbonyl (C=O) groups excluding carboxylic acids is 1. The van der Waals surface area contributed by atoms with Crippen molar-refractivity contribution >= 4 is 5.97 Å². The Morgan fingerprint density at radius 3 is 1.63 bits per heavy atom. The lowest BCUT2D eigenvalue weighted by Gasteiger charge is -2.09. The summed E-state index contributed by atoms with van der Waals surface area (Å²) in [7, 11) is 0. The Labute approximate surface area is 165 Å². The van der Waals surface area contributed by atoms with Gasteiger partial charge in [0.25, 0.3) is 0 Å². The van der Waals surface area contributed by atoms with Crippen molar-refractivity contribution in [2.45, 2.75) is 59.0 Å². The van der Waals surface area contributed by atoms with Crippen molar-refractivity contribution in [2.24, 2.45) is 0 Å². The van der Waals surface area contributed by atoms with Gasteiger partial charge < -0.3 is 28.4 Å². The van der Waals surface area contributed by atoms with Crippen LogP contribution in [0.2, 0.25) is 0 Å². The molecule has 0 N–H and O–H groups in total. The van der Waals surface area contributed by atoms with Crippen LogP contribution in [0.25, 0.3) is 0 Å². The van der Waals surface area contributed by atoms with Crippen LogP contribution in [0.4, 0.5) is 0 Å². The highest BCUT2D eigenvalue weighted by Crippen LogP contribution is 2.03. The summed E-state index contributed by atoms with van der Waals surface area (Å²) in [6.45, 7) is 11.2. The first-order valence-electron chi connectivity index (χ1n) is 10.2. The molecule has 0 aromatic heterocycles. The van der Waals surface area contributed by atoms with Gasteiger partial charge >= 0.3 is 5.97 Å². The summed E-state index contributed by atoms with van der Waals surface area (Å²) in [5, 5.41) is 0. The van der Waals surface area contributed by atoms with Crippen molar-refractivity contribution in [2.75, 3.05) is 66.1 Å². The highest BCUT2D eigenvalue weighted by atomic mass is 16.6. The normalized spacial score (nSPS) is 11.3. The Hall–Kier alpha value is -0.730. The van der Waals surface area contributed by atoms with Crippen LogP contribution in [0.15, 0.2) is 0 Å². The van der Waals surface area contributed by atoms with E-state index in [1.54, 1.807) is 0 Å². The van der Waals surface area contributed by atoms with E-state index in [-0.39, 0.29) is 12.1 Å². The smallest absolute Gasteiger partial charge is 0.305 e. The third-order valence-corrected chi connectivity index (χ3v) is 3.52. The second kappa shape index (κ2) is 21.6. The third-order valence-electron chi connectivity index (χ3n) is 3.52. The van der Waals surface area contributed by atoms with Gasteiger partial charge in [-0.05, 0) is 20.3 Å². The fraction of sp³-hybridized carbons (Fsp3) is 0.950. The lowest BCUT2D eigenvalue weighted by molar-refractivity contribution is -0.145. The maximum atomic E-state index is 11.4. The van der Waals surface area contributed by atoms with Crippen molar-refractivity contribution in [3.8, 4) is 0 Å². The summed E-state index contributed by atoms with van der Waals surface area (Å²) in [5.74, 6) is -0.139. The second-order valence-corrected chi connectivity index (χ2v) is 6.40. The lowest BCUT2D eigenvalue weighted by atomic mass is 10.2. The molecule has 7 heteroatoms. The van der Waals surface area contributed by atoms with Crippen molar-refractivity contribution in [3.05, 3.63) is 0 Å². The molecule has 0 aromatic carbocycles. The summed E-state index contributed by atoms with van der Waals surface area (Å²) in [5.41, 5.74) is 0. The molecule has 0 bridgehead atoms. The zero-order valence-electron chi connectivity index (χ0n) is 17.5. The summed E-state index contributed by atoms with van der Waals surface area (Å²) >= 11 is 0. The van der Waals surface area contributed by atoms with Gasteiger partial charge in [0.05, 0.1) is 65.6 Å². The molecule has 0 atom stereocenters. The van der Waals surface area contributed by atoms with Gasteiger partial charge in [-0.15, -0.1) is 0 Å². The van der Waals surface area contributed by atoms with Crippen LogP contribution in [0.5, 0.6) is 0 Å². The number of unbranched alkanes of at least 4 members (excludes halogenated alkanes) is 3. The van der Waals surface area contributed by atoms with Gasteiger partial charge in [0, 0.05) is 6.42 Å². The first kappa shape index (κ1) is 26.3. The van der Waals surface area contributed by atoms with Crippen LogP contribution in [-0.2, 0) is 33.2 Å². The molecule has 0 heterocycles. The molecule has 0 spiro atoms. The van der Waals surface area contributed by atoms with Gasteiger partial charge in [-0.25, -0.2) is 0 Å². The van der Waals surface area contributed by atoms with E-state index in [9.17, 15) is 4.79 Å². The van der Waals surface area contributed by atoms with Crippen LogP contribution in [0.1, 0.15) is 52.9 Å². The predicted molar refractivity (Wildman–Crippen MR) is 104 cm³/mol. The van der Waals surface area contributed by atoms with E-state index in [4.69, 9.17) is 28.4 Å². The minimum absolute atomic E-state index is 0.139. The van der Waals surface area contributed by atoms with Gasteiger partial charge in [-0.2, -0.15) is 0 Å². The number of ether oxygens (including phenoxy) is 6. The quantitative estimate of drug-likeness (QED) is 0.220. The zero-order chi connectivity index (χ0) is 20.0. The number of rotatable bonds is 21. The first-order chi connectivity index (χ1) is 13.2. The lowest BCUT2D eigenvalue weighted by Crippen LogP contribution is -2.15. The Balaban J connectivity index is 3.09. The number of carbonyl (C=O) groups is 1. The number of hydrogen-bond acceptors (Lipinski definition) is 7. The molecule has 0 unspecified atom stereocenters. The standard InChI is InChI=1S/C20H40O7/c1-4-5-6-7-8-20(21)27-18-16-25-14-12-23-10-9-22-11-13-24-15-17-26-19(2)3/h19H,4-18H2,1-3H3. The maximum absolute atomic E-state index is 11.4. The molecule has 0 aliphatic heterocycles. The monoisotopic (exact) mass is 392 g/mol. The van der Waals surface area contributed by atoms with E-state index in [2.05, 4.69) is 6.92 Å². The molecule has 0 radical (unpaired) electrons. The molecule has 27 heavy (non-hydrogen) atoms. The van der Waals surface area contributed by atoms with Crippen molar-refractivity contribution in [3.63, 3.8) is 0 Å². The fourth-order valence-corrected chi connectivity index (χ4v) is 2.09. The maximum Gasteiger partial charge on any atom is 0.305 e. The number of esters is 1. The van der Waals surface area contributed by atoms with Crippen LogP contribution in [-0.4, -0.2) is 78.1 Å². The van der Waals surface area contributed by atoms with E-state index in [1.165, 1.54) is 12.8 Å². The predicted octanol–water partition coefficient (Wildman–Crippen LogP) is 2.99. The molecular formula is C20H40O7. The van der Waals surface area contributed by atoms with Gasteiger partial charge in [-0.3, -0.25) is 4.79 Å². The Morgan fingerprint density at radius 1 is 0.667 bits per heavy atom. The Kier molecular flexibility index (Phi) is 21.0. The summed E-state index contributed by atoms with van der Waals surface area (Å²) in [6, 6.07) is 0. The summed E-state index contributed by atoms with van der Waals surface area (Å²) in [6.07, 6.45) is 5.07. The van der Waals surface area contributed by atoms with Crippen molar-refractivity contribution in [1.29, 1.82) is 0 Å². The van der Waals surface area contributed by atoms with E-state index < -0.39 is 0 Å². The van der Waals surface area contributed by atoms with E-state index >= 15 is 0 Å². The average Bonchev–Trinajstić information content (AvgIpc) is 2.64. The van der Waals surface area contributed by atoms with E-state index in [1.807, 2.05) is 13.8 Å². The number of hydrogen-bond donors (Lipinski definition) is 0. The SMILES string of the molecule is CCCCCCC(=O)OCCOCCOCCOCCOCCOC(C)C. The second-order valence-electron chi connectivity index (χ2n) is 6.40. The average molecular weight is 393 g/mol. The molecule has 0 aromatic rings. The molecule has 0 aliphatic rings. The molecule has 0 saturated heterocycles.